The first-order valence-electron chi connectivity index (χ1n) is 12.8. The van der Waals surface area contributed by atoms with Gasteiger partial charge in [-0.1, -0.05) is 84.8 Å². The third-order valence-electron chi connectivity index (χ3n) is 7.42. The zero-order valence-electron chi connectivity index (χ0n) is 21.4. The van der Waals surface area contributed by atoms with Crippen LogP contribution in [0.15, 0.2) is 99.4 Å². The molecule has 196 valence electrons. The number of anilines is 2. The van der Waals surface area contributed by atoms with Gasteiger partial charge < -0.3 is 5.32 Å². The van der Waals surface area contributed by atoms with E-state index in [1.165, 1.54) is 22.7 Å². The fourth-order valence-corrected chi connectivity index (χ4v) is 9.81. The molecule has 0 saturated heterocycles. The van der Waals surface area contributed by atoms with E-state index in [4.69, 9.17) is 0 Å². The Morgan fingerprint density at radius 3 is 1.92 bits per heavy atom. The topological polar surface area (TPSA) is 92.3 Å². The van der Waals surface area contributed by atoms with E-state index in [2.05, 4.69) is 58.6 Å². The molecule has 1 aliphatic carbocycles. The maximum atomic E-state index is 12.9. The summed E-state index contributed by atoms with van der Waals surface area (Å²) in [4.78, 5) is 25.0. The van der Waals surface area contributed by atoms with Gasteiger partial charge in [-0.15, -0.1) is 0 Å². The van der Waals surface area contributed by atoms with Gasteiger partial charge in [0.1, 0.15) is 11.4 Å². The van der Waals surface area contributed by atoms with Gasteiger partial charge >= 0.3 is 0 Å². The van der Waals surface area contributed by atoms with E-state index in [-0.39, 0.29) is 28.2 Å². The molecule has 2 N–H and O–H groups in total. The highest BCUT2D eigenvalue weighted by Gasteiger charge is 2.39. The van der Waals surface area contributed by atoms with Crippen LogP contribution in [0.4, 0.5) is 11.4 Å². The lowest BCUT2D eigenvalue weighted by molar-refractivity contribution is 0.489. The summed E-state index contributed by atoms with van der Waals surface area (Å²) in [5.74, 6) is 0.257. The van der Waals surface area contributed by atoms with Crippen molar-refractivity contribution >= 4 is 39.9 Å². The van der Waals surface area contributed by atoms with Gasteiger partial charge in [0.25, 0.3) is 20.9 Å². The highest BCUT2D eigenvalue weighted by atomic mass is 32.2. The predicted molar refractivity (Wildman–Crippen MR) is 157 cm³/mol. The summed E-state index contributed by atoms with van der Waals surface area (Å²) in [6, 6.07) is 27.4. The molecule has 2 unspecified atom stereocenters. The molecule has 1 fully saturated rings. The number of sulfonamides is 1. The van der Waals surface area contributed by atoms with Crippen LogP contribution >= 0.6 is 7.92 Å². The average Bonchev–Trinajstić information content (AvgIpc) is 3.41. The fourth-order valence-electron chi connectivity index (χ4n) is 5.45. The third kappa shape index (κ3) is 5.18. The van der Waals surface area contributed by atoms with Gasteiger partial charge in [0.05, 0.1) is 4.90 Å². The Morgan fingerprint density at radius 2 is 1.34 bits per heavy atom. The number of aryl methyl sites for hydroxylation is 1. The predicted octanol–water partition coefficient (Wildman–Crippen LogP) is 4.49. The molecule has 1 aliphatic rings. The third-order valence-corrected chi connectivity index (χ3v) is 11.8. The largest absolute Gasteiger partial charge is 0.377 e. The second-order valence-electron chi connectivity index (χ2n) is 9.96. The number of rotatable bonds is 9. The van der Waals surface area contributed by atoms with Gasteiger partial charge in [0.2, 0.25) is 0 Å². The summed E-state index contributed by atoms with van der Waals surface area (Å²) >= 11 is 0. The van der Waals surface area contributed by atoms with Crippen molar-refractivity contribution in [3.8, 4) is 0 Å². The minimum atomic E-state index is -4.00. The van der Waals surface area contributed by atoms with Crippen LogP contribution in [0.3, 0.4) is 0 Å². The SMILES string of the molecule is Cc1ccc(S(=O)(=O)Nc2c(N[C@H](C)C3CCCC3P(c3ccccc3)c3ccccc3)c(=O)c2=O)cc1. The van der Waals surface area contributed by atoms with Gasteiger partial charge in [-0.3, -0.25) is 14.3 Å². The highest BCUT2D eigenvalue weighted by molar-refractivity contribution is 7.92. The van der Waals surface area contributed by atoms with Crippen molar-refractivity contribution in [3.63, 3.8) is 0 Å². The van der Waals surface area contributed by atoms with Crippen molar-refractivity contribution in [2.45, 2.75) is 49.7 Å². The van der Waals surface area contributed by atoms with E-state index >= 15 is 0 Å². The summed E-state index contributed by atoms with van der Waals surface area (Å²) < 4.78 is 28.2. The van der Waals surface area contributed by atoms with Crippen LogP contribution in [0.5, 0.6) is 0 Å². The molecule has 8 heteroatoms. The normalized spacial score (nSPS) is 18.5. The van der Waals surface area contributed by atoms with Crippen molar-refractivity contribution in [1.82, 2.24) is 0 Å². The summed E-state index contributed by atoms with van der Waals surface area (Å²) in [5.41, 5.74) is -0.295. The molecule has 6 nitrogen and oxygen atoms in total. The first-order chi connectivity index (χ1) is 18.3. The van der Waals surface area contributed by atoms with Gasteiger partial charge in [0, 0.05) is 6.04 Å². The van der Waals surface area contributed by atoms with E-state index in [0.29, 0.717) is 5.66 Å². The Morgan fingerprint density at radius 1 is 0.789 bits per heavy atom. The molecule has 4 aromatic carbocycles. The molecule has 0 spiro atoms. The number of nitrogens with one attached hydrogen (secondary N) is 2. The van der Waals surface area contributed by atoms with E-state index in [1.54, 1.807) is 12.1 Å². The zero-order valence-corrected chi connectivity index (χ0v) is 23.1. The molecule has 5 rings (SSSR count). The molecule has 1 saturated carbocycles. The molecule has 0 bridgehead atoms. The Bertz CT molecular complexity index is 1540. The molecule has 0 aromatic heterocycles. The number of hydrogen-bond acceptors (Lipinski definition) is 5. The van der Waals surface area contributed by atoms with Crippen LogP contribution in [-0.2, 0) is 10.0 Å². The molecule has 3 atom stereocenters. The fraction of sp³-hybridized carbons (Fsp3) is 0.267. The molecular formula is C30H31N2O4PS. The average molecular weight is 547 g/mol. The standard InChI is InChI=1S/C30H31N2O4PS/c1-20-16-18-24(19-17-20)38(35,36)32-28-27(29(33)30(28)34)31-21(2)25-14-9-15-26(25)37(22-10-5-3-6-11-22)23-12-7-4-8-13-23/h3-8,10-13,16-19,21,25-26,31-32H,9,14-15H2,1-2H3/t21-,25?,26?/m1/s1. The number of hydrogen-bond donors (Lipinski definition) is 2. The molecule has 4 aromatic rings. The van der Waals surface area contributed by atoms with E-state index in [1.807, 2.05) is 26.0 Å². The Hall–Kier alpha value is -3.28. The lowest BCUT2D eigenvalue weighted by Gasteiger charge is -2.34. The second-order valence-corrected chi connectivity index (χ2v) is 14.1. The maximum Gasteiger partial charge on any atom is 0.262 e. The van der Waals surface area contributed by atoms with Crippen LogP contribution in [0.2, 0.25) is 0 Å². The summed E-state index contributed by atoms with van der Waals surface area (Å²) in [6.07, 6.45) is 3.15. The van der Waals surface area contributed by atoms with E-state index in [9.17, 15) is 18.0 Å². The van der Waals surface area contributed by atoms with Crippen LogP contribution < -0.4 is 31.5 Å². The van der Waals surface area contributed by atoms with Crippen molar-refractivity contribution in [1.29, 1.82) is 0 Å². The smallest absolute Gasteiger partial charge is 0.262 e. The van der Waals surface area contributed by atoms with Gasteiger partial charge in [-0.25, -0.2) is 8.42 Å². The quantitative estimate of drug-likeness (QED) is 0.238. The lowest BCUT2D eigenvalue weighted by Crippen LogP contribution is -2.42. The van der Waals surface area contributed by atoms with Crippen LogP contribution in [-0.4, -0.2) is 20.1 Å². The second kappa shape index (κ2) is 10.8. The van der Waals surface area contributed by atoms with Crippen LogP contribution in [0.1, 0.15) is 31.7 Å². The Labute approximate surface area is 224 Å². The van der Waals surface area contributed by atoms with E-state index < -0.39 is 28.8 Å². The Kier molecular flexibility index (Phi) is 7.51. The summed E-state index contributed by atoms with van der Waals surface area (Å²) in [7, 11) is -4.64. The van der Waals surface area contributed by atoms with Gasteiger partial charge in [-0.2, -0.15) is 0 Å². The minimum Gasteiger partial charge on any atom is -0.377 e. The zero-order chi connectivity index (χ0) is 26.9. The molecule has 38 heavy (non-hydrogen) atoms. The van der Waals surface area contributed by atoms with Crippen molar-refractivity contribution in [2.75, 3.05) is 10.0 Å². The first-order valence-corrected chi connectivity index (χ1v) is 15.7. The molecule has 0 amide bonds. The monoisotopic (exact) mass is 546 g/mol. The number of benzene rings is 3. The highest BCUT2D eigenvalue weighted by Crippen LogP contribution is 2.51. The van der Waals surface area contributed by atoms with Crippen LogP contribution in [0, 0.1) is 12.8 Å². The van der Waals surface area contributed by atoms with Gasteiger partial charge in [0.15, 0.2) is 0 Å². The molecular weight excluding hydrogens is 515 g/mol. The van der Waals surface area contributed by atoms with Crippen molar-refractivity contribution in [2.24, 2.45) is 5.92 Å². The molecule has 0 radical (unpaired) electrons. The molecule has 0 heterocycles. The van der Waals surface area contributed by atoms with E-state index in [0.717, 1.165) is 24.8 Å². The van der Waals surface area contributed by atoms with Crippen molar-refractivity contribution in [3.05, 3.63) is 111 Å². The van der Waals surface area contributed by atoms with Gasteiger partial charge in [-0.05, 0) is 68.9 Å². The first kappa shape index (κ1) is 26.3. The summed E-state index contributed by atoms with van der Waals surface area (Å²) in [6.45, 7) is 3.89. The molecule has 0 aliphatic heterocycles. The lowest BCUT2D eigenvalue weighted by atomic mass is 9.98. The van der Waals surface area contributed by atoms with Crippen LogP contribution in [0.25, 0.3) is 0 Å². The maximum absolute atomic E-state index is 12.9. The Balaban J connectivity index is 1.40. The van der Waals surface area contributed by atoms with Crippen molar-refractivity contribution < 1.29 is 8.42 Å². The summed E-state index contributed by atoms with van der Waals surface area (Å²) in [5, 5.41) is 5.89. The minimum absolute atomic E-state index is 0.0439.